The van der Waals surface area contributed by atoms with Crippen LogP contribution < -0.4 is 10.1 Å². The lowest BCUT2D eigenvalue weighted by molar-refractivity contribution is 0.0996. The van der Waals surface area contributed by atoms with Crippen molar-refractivity contribution in [3.05, 3.63) is 12.4 Å². The van der Waals surface area contributed by atoms with Crippen LogP contribution >= 0.6 is 11.8 Å². The Hall–Kier alpha value is -1.01. The Morgan fingerprint density at radius 1 is 1.50 bits per heavy atom. The molecule has 0 fully saturated rings. The highest BCUT2D eigenvalue weighted by Gasteiger charge is 2.19. The van der Waals surface area contributed by atoms with Gasteiger partial charge in [0.05, 0.1) is 11.7 Å². The molecule has 0 spiro atoms. The maximum atomic E-state index is 10.0. The number of hydrogen-bond acceptors (Lipinski definition) is 6. The van der Waals surface area contributed by atoms with Gasteiger partial charge in [-0.25, -0.2) is 9.97 Å². The summed E-state index contributed by atoms with van der Waals surface area (Å²) in [7, 11) is 0. The van der Waals surface area contributed by atoms with Gasteiger partial charge in [-0.1, -0.05) is 0 Å². The fourth-order valence-corrected chi connectivity index (χ4v) is 2.11. The fraction of sp³-hybridized carbons (Fsp3) is 0.667. The van der Waals surface area contributed by atoms with Gasteiger partial charge in [-0.15, -0.1) is 0 Å². The molecule has 1 heterocycles. The van der Waals surface area contributed by atoms with Gasteiger partial charge in [0, 0.05) is 18.4 Å². The second kappa shape index (κ2) is 6.80. The molecule has 5 nitrogen and oxygen atoms in total. The normalized spacial score (nSPS) is 14.3. The predicted octanol–water partition coefficient (Wildman–Crippen LogP) is 1.79. The summed E-state index contributed by atoms with van der Waals surface area (Å²) in [5, 5.41) is 13.1. The van der Waals surface area contributed by atoms with Gasteiger partial charge in [0.15, 0.2) is 0 Å². The molecule has 0 aliphatic carbocycles. The summed E-state index contributed by atoms with van der Waals surface area (Å²) in [6.07, 6.45) is 3.49. The molecule has 2 N–H and O–H groups in total. The van der Waals surface area contributed by atoms with E-state index in [2.05, 4.69) is 15.3 Å². The smallest absolute Gasteiger partial charge is 0.218 e. The van der Waals surface area contributed by atoms with Gasteiger partial charge in [-0.3, -0.25) is 0 Å². The molecule has 0 bridgehead atoms. The van der Waals surface area contributed by atoms with Crippen molar-refractivity contribution in [2.75, 3.05) is 23.9 Å². The van der Waals surface area contributed by atoms with Crippen molar-refractivity contribution in [2.45, 2.75) is 32.5 Å². The number of aromatic nitrogens is 2. The third kappa shape index (κ3) is 5.55. The summed E-state index contributed by atoms with van der Waals surface area (Å²) in [6.45, 7) is 6.12. The predicted molar refractivity (Wildman–Crippen MR) is 75.3 cm³/mol. The van der Waals surface area contributed by atoms with Crippen LogP contribution in [-0.2, 0) is 0 Å². The Balaban J connectivity index is 2.57. The number of aliphatic hydroxyl groups is 1. The number of anilines is 1. The average Bonchev–Trinajstić information content (AvgIpc) is 2.26. The topological polar surface area (TPSA) is 67.3 Å². The Morgan fingerprint density at radius 2 is 2.22 bits per heavy atom. The third-order valence-electron chi connectivity index (χ3n) is 2.10. The van der Waals surface area contributed by atoms with Crippen molar-refractivity contribution in [1.82, 2.24) is 9.97 Å². The van der Waals surface area contributed by atoms with Gasteiger partial charge in [0.1, 0.15) is 12.1 Å². The Bertz CT molecular complexity index is 372. The number of thioether (sulfide) groups is 1. The van der Waals surface area contributed by atoms with Crippen LogP contribution in [-0.4, -0.2) is 45.3 Å². The summed E-state index contributed by atoms with van der Waals surface area (Å²) < 4.78 is 5.48. The Kier molecular flexibility index (Phi) is 5.68. The van der Waals surface area contributed by atoms with Gasteiger partial charge >= 0.3 is 0 Å². The molecule has 1 unspecified atom stereocenters. The van der Waals surface area contributed by atoms with Crippen LogP contribution in [0.2, 0.25) is 0 Å². The fourth-order valence-electron chi connectivity index (χ4n) is 1.39. The van der Waals surface area contributed by atoms with Crippen molar-refractivity contribution in [3.63, 3.8) is 0 Å². The molecule has 1 rings (SSSR count). The second-order valence-electron chi connectivity index (χ2n) is 4.69. The highest BCUT2D eigenvalue weighted by Crippen LogP contribution is 2.15. The van der Waals surface area contributed by atoms with Crippen molar-refractivity contribution >= 4 is 17.6 Å². The van der Waals surface area contributed by atoms with E-state index >= 15 is 0 Å². The van der Waals surface area contributed by atoms with Crippen molar-refractivity contribution in [1.29, 1.82) is 0 Å². The number of ether oxygens (including phenoxy) is 1. The molecule has 6 heteroatoms. The quantitative estimate of drug-likeness (QED) is 0.788. The van der Waals surface area contributed by atoms with E-state index in [0.717, 1.165) is 0 Å². The first kappa shape index (κ1) is 15.0. The molecule has 18 heavy (non-hydrogen) atoms. The van der Waals surface area contributed by atoms with E-state index in [0.29, 0.717) is 24.0 Å². The van der Waals surface area contributed by atoms with Crippen LogP contribution in [0.4, 0.5) is 5.82 Å². The molecule has 1 aromatic rings. The summed E-state index contributed by atoms with van der Waals surface area (Å²) >= 11 is 1.61. The van der Waals surface area contributed by atoms with E-state index in [9.17, 15) is 5.11 Å². The van der Waals surface area contributed by atoms with Crippen molar-refractivity contribution in [2.24, 2.45) is 0 Å². The van der Waals surface area contributed by atoms with E-state index in [1.165, 1.54) is 6.33 Å². The average molecular weight is 271 g/mol. The molecule has 0 aliphatic rings. The minimum atomic E-state index is -0.760. The maximum absolute atomic E-state index is 10.0. The minimum absolute atomic E-state index is 0.0762. The third-order valence-corrected chi connectivity index (χ3v) is 3.01. The first-order chi connectivity index (χ1) is 8.43. The van der Waals surface area contributed by atoms with Crippen LogP contribution in [0, 0.1) is 0 Å². The molecule has 1 aromatic heterocycles. The molecule has 0 saturated carbocycles. The summed E-state index contributed by atoms with van der Waals surface area (Å²) in [6, 6.07) is 1.73. The first-order valence-corrected chi connectivity index (χ1v) is 7.26. The molecular formula is C12H21N3O2S. The van der Waals surface area contributed by atoms with Gasteiger partial charge in [0.25, 0.3) is 0 Å². The SMILES string of the molecule is CSCC(C)(O)CNc1cc(OC(C)C)ncn1. The summed E-state index contributed by atoms with van der Waals surface area (Å²) in [4.78, 5) is 8.11. The van der Waals surface area contributed by atoms with Crippen LogP contribution in [0.3, 0.4) is 0 Å². The monoisotopic (exact) mass is 271 g/mol. The number of nitrogens with zero attached hydrogens (tertiary/aromatic N) is 2. The lowest BCUT2D eigenvalue weighted by atomic mass is 10.1. The molecule has 0 aliphatic heterocycles. The maximum Gasteiger partial charge on any atom is 0.218 e. The van der Waals surface area contributed by atoms with Crippen LogP contribution in [0.5, 0.6) is 5.88 Å². The first-order valence-electron chi connectivity index (χ1n) is 5.87. The van der Waals surface area contributed by atoms with E-state index in [1.807, 2.05) is 20.1 Å². The molecule has 1 atom stereocenters. The zero-order valence-electron chi connectivity index (χ0n) is 11.3. The van der Waals surface area contributed by atoms with E-state index in [1.54, 1.807) is 24.8 Å². The lowest BCUT2D eigenvalue weighted by Crippen LogP contribution is -2.36. The summed E-state index contributed by atoms with van der Waals surface area (Å²) in [5.74, 6) is 1.86. The molecule has 0 radical (unpaired) electrons. The van der Waals surface area contributed by atoms with Crippen LogP contribution in [0.1, 0.15) is 20.8 Å². The number of rotatable bonds is 7. The molecule has 102 valence electrons. The lowest BCUT2D eigenvalue weighted by Gasteiger charge is -2.22. The van der Waals surface area contributed by atoms with Crippen LogP contribution in [0.15, 0.2) is 12.4 Å². The molecule has 0 saturated heterocycles. The number of nitrogens with one attached hydrogen (secondary N) is 1. The van der Waals surface area contributed by atoms with E-state index < -0.39 is 5.60 Å². The highest BCUT2D eigenvalue weighted by atomic mass is 32.2. The second-order valence-corrected chi connectivity index (χ2v) is 5.56. The van der Waals surface area contributed by atoms with Crippen molar-refractivity contribution < 1.29 is 9.84 Å². The van der Waals surface area contributed by atoms with Gasteiger partial charge in [-0.05, 0) is 27.0 Å². The Labute approximate surface area is 112 Å². The largest absolute Gasteiger partial charge is 0.475 e. The van der Waals surface area contributed by atoms with Gasteiger partial charge < -0.3 is 15.2 Å². The Morgan fingerprint density at radius 3 is 2.83 bits per heavy atom. The molecule has 0 amide bonds. The molecular weight excluding hydrogens is 250 g/mol. The number of hydrogen-bond donors (Lipinski definition) is 2. The zero-order chi connectivity index (χ0) is 13.6. The van der Waals surface area contributed by atoms with E-state index in [-0.39, 0.29) is 6.10 Å². The van der Waals surface area contributed by atoms with Crippen LogP contribution in [0.25, 0.3) is 0 Å². The van der Waals surface area contributed by atoms with Gasteiger partial charge in [0.2, 0.25) is 5.88 Å². The van der Waals surface area contributed by atoms with Gasteiger partial charge in [-0.2, -0.15) is 11.8 Å². The standard InChI is InChI=1S/C12H21N3O2S/c1-9(2)17-11-5-10(14-8-15-11)13-6-12(3,16)7-18-4/h5,8-9,16H,6-7H2,1-4H3,(H,13,14,15). The molecule has 0 aromatic carbocycles. The highest BCUT2D eigenvalue weighted by molar-refractivity contribution is 7.98. The van der Waals surface area contributed by atoms with E-state index in [4.69, 9.17) is 4.74 Å². The minimum Gasteiger partial charge on any atom is -0.475 e. The zero-order valence-corrected chi connectivity index (χ0v) is 12.1. The summed E-state index contributed by atoms with van der Waals surface area (Å²) in [5.41, 5.74) is -0.760. The van der Waals surface area contributed by atoms with Crippen molar-refractivity contribution in [3.8, 4) is 5.88 Å².